The molecule has 3 rings (SSSR count). The van der Waals surface area contributed by atoms with Crippen molar-refractivity contribution in [3.63, 3.8) is 0 Å². The third kappa shape index (κ3) is 6.98. The predicted octanol–water partition coefficient (Wildman–Crippen LogP) is 3.39. The zero-order valence-electron chi connectivity index (χ0n) is 17.2. The molecule has 1 heterocycles. The maximum absolute atomic E-state index is 12.4. The van der Waals surface area contributed by atoms with Crippen LogP contribution in [-0.2, 0) is 28.7 Å². The topological polar surface area (TPSA) is 66.5 Å². The van der Waals surface area contributed by atoms with Gasteiger partial charge in [0.05, 0.1) is 5.75 Å². The second kappa shape index (κ2) is 9.55. The summed E-state index contributed by atoms with van der Waals surface area (Å²) in [6.07, 6.45) is 3.74. The van der Waals surface area contributed by atoms with Crippen molar-refractivity contribution in [2.75, 3.05) is 19.3 Å². The van der Waals surface area contributed by atoms with E-state index < -0.39 is 9.84 Å². The van der Waals surface area contributed by atoms with Crippen molar-refractivity contribution in [1.82, 2.24) is 10.2 Å². The molecule has 0 bridgehead atoms. The maximum atomic E-state index is 12.4. The fraction of sp³-hybridized carbons (Fsp3) is 0.435. The van der Waals surface area contributed by atoms with Crippen molar-refractivity contribution in [1.29, 1.82) is 0 Å². The number of nitrogens with one attached hydrogen (secondary N) is 1. The van der Waals surface area contributed by atoms with Crippen LogP contribution in [0.1, 0.15) is 46.8 Å². The van der Waals surface area contributed by atoms with Crippen LogP contribution in [0.15, 0.2) is 48.5 Å². The molecule has 0 aliphatic carbocycles. The second-order valence-electron chi connectivity index (χ2n) is 8.23. The van der Waals surface area contributed by atoms with E-state index in [1.807, 2.05) is 0 Å². The first-order chi connectivity index (χ1) is 13.8. The number of nitrogens with zero attached hydrogens (tertiary/aromatic N) is 1. The fourth-order valence-electron chi connectivity index (χ4n) is 3.63. The van der Waals surface area contributed by atoms with Gasteiger partial charge in [-0.05, 0) is 60.7 Å². The average molecular weight is 415 g/mol. The molecular formula is C23H30N2O3S. The van der Waals surface area contributed by atoms with Crippen molar-refractivity contribution in [3.8, 4) is 0 Å². The molecule has 2 aromatic carbocycles. The standard InChI is InChI=1S/C23H30N2O3S/c1-18-10-12-25(13-11-18)16-20-8-6-19(7-9-20)15-24-23(26)22-5-3-4-21(14-22)17-29(2,27)28/h3-9,14,18H,10-13,15-17H2,1-2H3,(H,24,26). The molecule has 0 saturated carbocycles. The molecule has 1 aliphatic rings. The molecule has 0 unspecified atom stereocenters. The Kier molecular flexibility index (Phi) is 7.09. The molecule has 1 fully saturated rings. The minimum atomic E-state index is -3.13. The molecule has 1 N–H and O–H groups in total. The summed E-state index contributed by atoms with van der Waals surface area (Å²) in [5.74, 6) is 0.571. The quantitative estimate of drug-likeness (QED) is 0.754. The summed E-state index contributed by atoms with van der Waals surface area (Å²) in [6.45, 7) is 6.07. The van der Waals surface area contributed by atoms with Crippen LogP contribution in [-0.4, -0.2) is 38.6 Å². The van der Waals surface area contributed by atoms with E-state index in [1.54, 1.807) is 24.3 Å². The summed E-state index contributed by atoms with van der Waals surface area (Å²) in [7, 11) is -3.13. The van der Waals surface area contributed by atoms with Crippen LogP contribution in [0.3, 0.4) is 0 Å². The zero-order chi connectivity index (χ0) is 20.9. The Hall–Kier alpha value is -2.18. The highest BCUT2D eigenvalue weighted by atomic mass is 32.2. The number of sulfone groups is 1. The van der Waals surface area contributed by atoms with E-state index in [4.69, 9.17) is 0 Å². The van der Waals surface area contributed by atoms with Crippen LogP contribution in [0.2, 0.25) is 0 Å². The van der Waals surface area contributed by atoms with Gasteiger partial charge in [0.25, 0.3) is 5.91 Å². The number of carbonyl (C=O) groups is 1. The summed E-state index contributed by atoms with van der Waals surface area (Å²) >= 11 is 0. The lowest BCUT2D eigenvalue weighted by atomic mass is 9.99. The van der Waals surface area contributed by atoms with E-state index in [9.17, 15) is 13.2 Å². The van der Waals surface area contributed by atoms with E-state index in [0.717, 1.165) is 31.1 Å². The second-order valence-corrected chi connectivity index (χ2v) is 10.4. The zero-order valence-corrected chi connectivity index (χ0v) is 18.0. The Balaban J connectivity index is 1.52. The minimum Gasteiger partial charge on any atom is -0.348 e. The Morgan fingerprint density at radius 1 is 1.03 bits per heavy atom. The number of rotatable bonds is 7. The summed E-state index contributed by atoms with van der Waals surface area (Å²) in [5.41, 5.74) is 3.43. The molecule has 0 aromatic heterocycles. The van der Waals surface area contributed by atoms with Crippen LogP contribution in [0.25, 0.3) is 0 Å². The van der Waals surface area contributed by atoms with Crippen molar-refractivity contribution in [3.05, 3.63) is 70.8 Å². The van der Waals surface area contributed by atoms with Gasteiger partial charge in [0.15, 0.2) is 9.84 Å². The van der Waals surface area contributed by atoms with Gasteiger partial charge in [-0.25, -0.2) is 8.42 Å². The van der Waals surface area contributed by atoms with Crippen LogP contribution in [0.5, 0.6) is 0 Å². The first-order valence-corrected chi connectivity index (χ1v) is 12.2. The van der Waals surface area contributed by atoms with Gasteiger partial charge in [-0.2, -0.15) is 0 Å². The Bertz CT molecular complexity index is 931. The summed E-state index contributed by atoms with van der Waals surface area (Å²) in [5, 5.41) is 2.91. The molecule has 1 saturated heterocycles. The number of piperidine rings is 1. The average Bonchev–Trinajstić information content (AvgIpc) is 2.68. The molecule has 29 heavy (non-hydrogen) atoms. The molecule has 156 valence electrons. The lowest BCUT2D eigenvalue weighted by molar-refractivity contribution is 0.0951. The third-order valence-corrected chi connectivity index (χ3v) is 6.23. The molecule has 0 radical (unpaired) electrons. The molecule has 2 aromatic rings. The molecule has 6 heteroatoms. The number of amides is 1. The largest absolute Gasteiger partial charge is 0.348 e. The number of hydrogen-bond donors (Lipinski definition) is 1. The highest BCUT2D eigenvalue weighted by molar-refractivity contribution is 7.89. The number of carbonyl (C=O) groups excluding carboxylic acids is 1. The van der Waals surface area contributed by atoms with E-state index in [2.05, 4.69) is 41.4 Å². The van der Waals surface area contributed by atoms with Gasteiger partial charge in [0.2, 0.25) is 0 Å². The number of benzene rings is 2. The molecule has 0 spiro atoms. The molecule has 1 aliphatic heterocycles. The van der Waals surface area contributed by atoms with E-state index >= 15 is 0 Å². The monoisotopic (exact) mass is 414 g/mol. The van der Waals surface area contributed by atoms with Crippen molar-refractivity contribution >= 4 is 15.7 Å². The van der Waals surface area contributed by atoms with Crippen molar-refractivity contribution in [2.24, 2.45) is 5.92 Å². The van der Waals surface area contributed by atoms with E-state index in [-0.39, 0.29) is 11.7 Å². The SMILES string of the molecule is CC1CCN(Cc2ccc(CNC(=O)c3cccc(CS(C)(=O)=O)c3)cc2)CC1. The Morgan fingerprint density at radius 2 is 1.69 bits per heavy atom. The van der Waals surface area contributed by atoms with Crippen LogP contribution >= 0.6 is 0 Å². The predicted molar refractivity (Wildman–Crippen MR) is 116 cm³/mol. The van der Waals surface area contributed by atoms with Crippen LogP contribution in [0, 0.1) is 5.92 Å². The van der Waals surface area contributed by atoms with Gasteiger partial charge in [0.1, 0.15) is 0 Å². The first-order valence-electron chi connectivity index (χ1n) is 10.1. The molecular weight excluding hydrogens is 384 g/mol. The Morgan fingerprint density at radius 3 is 2.34 bits per heavy atom. The summed E-state index contributed by atoms with van der Waals surface area (Å²) in [6, 6.07) is 15.1. The molecule has 5 nitrogen and oxygen atoms in total. The summed E-state index contributed by atoms with van der Waals surface area (Å²) < 4.78 is 22.9. The number of hydrogen-bond acceptors (Lipinski definition) is 4. The minimum absolute atomic E-state index is 0.0640. The molecule has 1 amide bonds. The normalized spacial score (nSPS) is 15.9. The van der Waals surface area contributed by atoms with Crippen molar-refractivity contribution in [2.45, 2.75) is 38.6 Å². The lowest BCUT2D eigenvalue weighted by Gasteiger charge is -2.30. The van der Waals surface area contributed by atoms with E-state index in [0.29, 0.717) is 17.7 Å². The fourth-order valence-corrected chi connectivity index (χ4v) is 4.42. The lowest BCUT2D eigenvalue weighted by Crippen LogP contribution is -2.32. The highest BCUT2D eigenvalue weighted by Gasteiger charge is 2.15. The Labute approximate surface area is 174 Å². The summed E-state index contributed by atoms with van der Waals surface area (Å²) in [4.78, 5) is 14.9. The highest BCUT2D eigenvalue weighted by Crippen LogP contribution is 2.18. The van der Waals surface area contributed by atoms with Gasteiger partial charge in [0, 0.05) is 24.9 Å². The van der Waals surface area contributed by atoms with Crippen molar-refractivity contribution < 1.29 is 13.2 Å². The first kappa shape index (κ1) is 21.5. The number of likely N-dealkylation sites (tertiary alicyclic amines) is 1. The van der Waals surface area contributed by atoms with Crippen LogP contribution in [0.4, 0.5) is 0 Å². The van der Waals surface area contributed by atoms with Gasteiger partial charge in [-0.15, -0.1) is 0 Å². The van der Waals surface area contributed by atoms with Gasteiger partial charge < -0.3 is 5.32 Å². The van der Waals surface area contributed by atoms with Gasteiger partial charge in [-0.1, -0.05) is 43.3 Å². The molecule has 0 atom stereocenters. The van der Waals surface area contributed by atoms with Crippen LogP contribution < -0.4 is 5.32 Å². The maximum Gasteiger partial charge on any atom is 0.251 e. The van der Waals surface area contributed by atoms with E-state index in [1.165, 1.54) is 24.7 Å². The van der Waals surface area contributed by atoms with Gasteiger partial charge >= 0.3 is 0 Å². The van der Waals surface area contributed by atoms with Gasteiger partial charge in [-0.3, -0.25) is 9.69 Å². The third-order valence-electron chi connectivity index (χ3n) is 5.38. The smallest absolute Gasteiger partial charge is 0.251 e.